The second-order valence-electron chi connectivity index (χ2n) is 7.06. The molecule has 0 saturated heterocycles. The maximum absolute atomic E-state index is 13.3. The van der Waals surface area contributed by atoms with Crippen LogP contribution in [0.3, 0.4) is 0 Å². The molecule has 0 spiro atoms. The molecule has 0 saturated carbocycles. The van der Waals surface area contributed by atoms with Crippen molar-refractivity contribution in [2.45, 2.75) is 17.5 Å². The average molecular weight is 462 g/mol. The van der Waals surface area contributed by atoms with Gasteiger partial charge >= 0.3 is 0 Å². The highest BCUT2D eigenvalue weighted by molar-refractivity contribution is 7.98. The van der Waals surface area contributed by atoms with Gasteiger partial charge < -0.3 is 9.15 Å². The van der Waals surface area contributed by atoms with Crippen molar-refractivity contribution in [3.8, 4) is 16.5 Å². The van der Waals surface area contributed by atoms with Crippen LogP contribution in [0.15, 0.2) is 86.7 Å². The zero-order valence-electron chi connectivity index (χ0n) is 17.2. The lowest BCUT2D eigenvalue weighted by Gasteiger charge is -2.13. The number of benzene rings is 2. The van der Waals surface area contributed by atoms with Crippen molar-refractivity contribution in [1.29, 1.82) is 0 Å². The Morgan fingerprint density at radius 1 is 1.06 bits per heavy atom. The van der Waals surface area contributed by atoms with Crippen LogP contribution < -0.4 is 10.3 Å². The number of thioether (sulfide) groups is 1. The number of nitrogens with zero attached hydrogens (tertiary/aromatic N) is 3. The van der Waals surface area contributed by atoms with Gasteiger partial charge in [0.15, 0.2) is 5.16 Å². The van der Waals surface area contributed by atoms with E-state index < -0.39 is 0 Å². The number of rotatable bonds is 7. The highest BCUT2D eigenvalue weighted by Gasteiger charge is 2.14. The Morgan fingerprint density at radius 2 is 1.91 bits per heavy atom. The number of ether oxygens (including phenoxy) is 1. The molecule has 5 rings (SSSR count). The van der Waals surface area contributed by atoms with Crippen molar-refractivity contribution in [1.82, 2.24) is 14.5 Å². The van der Waals surface area contributed by atoms with E-state index in [-0.39, 0.29) is 5.56 Å². The fourth-order valence-corrected chi connectivity index (χ4v) is 4.87. The number of fused-ring (bicyclic) bond motifs is 1. The lowest BCUT2D eigenvalue weighted by molar-refractivity contribution is 0.414. The molecule has 160 valence electrons. The molecule has 0 N–H and O–H groups in total. The van der Waals surface area contributed by atoms with Gasteiger partial charge in [-0.15, -0.1) is 11.3 Å². The summed E-state index contributed by atoms with van der Waals surface area (Å²) in [5, 5.41) is 3.24. The predicted octanol–water partition coefficient (Wildman–Crippen LogP) is 5.46. The lowest BCUT2D eigenvalue weighted by atomic mass is 10.2. The highest BCUT2D eigenvalue weighted by atomic mass is 32.2. The second-order valence-corrected chi connectivity index (χ2v) is 8.95. The third-order valence-corrected chi connectivity index (χ3v) is 6.83. The zero-order valence-corrected chi connectivity index (χ0v) is 18.9. The monoisotopic (exact) mass is 461 g/mol. The molecule has 32 heavy (non-hydrogen) atoms. The summed E-state index contributed by atoms with van der Waals surface area (Å²) in [4.78, 5) is 23.6. The molecule has 0 amide bonds. The molecule has 3 heterocycles. The molecular weight excluding hydrogens is 442 g/mol. The standard InChI is InChI=1S/C24H19N3O3S2/c1-29-18-10-8-16(9-11-18)13-27-23(28)19-5-2-3-6-20(19)26-24(27)32-15-17-14-30-22(25-17)21-7-4-12-31-21/h2-12,14H,13,15H2,1H3. The van der Waals surface area contributed by atoms with Crippen LogP contribution in [0, 0.1) is 0 Å². The average Bonchev–Trinajstić information content (AvgIpc) is 3.52. The molecule has 0 aliphatic heterocycles. The highest BCUT2D eigenvalue weighted by Crippen LogP contribution is 2.27. The first-order valence-electron chi connectivity index (χ1n) is 9.95. The number of thiophene rings is 1. The largest absolute Gasteiger partial charge is 0.497 e. The van der Waals surface area contributed by atoms with Gasteiger partial charge in [0, 0.05) is 5.75 Å². The molecular formula is C24H19N3O3S2. The van der Waals surface area contributed by atoms with Crippen LogP contribution in [-0.2, 0) is 12.3 Å². The molecule has 0 atom stereocenters. The van der Waals surface area contributed by atoms with Gasteiger partial charge in [0.05, 0.1) is 35.1 Å². The van der Waals surface area contributed by atoms with Crippen LogP contribution in [0.5, 0.6) is 5.75 Å². The van der Waals surface area contributed by atoms with E-state index in [0.29, 0.717) is 34.2 Å². The van der Waals surface area contributed by atoms with Crippen molar-refractivity contribution in [3.05, 3.63) is 93.9 Å². The molecule has 0 aliphatic carbocycles. The first kappa shape index (κ1) is 20.5. The summed E-state index contributed by atoms with van der Waals surface area (Å²) >= 11 is 3.06. The number of oxazole rings is 1. The van der Waals surface area contributed by atoms with Crippen molar-refractivity contribution in [2.24, 2.45) is 0 Å². The fraction of sp³-hybridized carbons (Fsp3) is 0.125. The zero-order chi connectivity index (χ0) is 21.9. The molecule has 0 aliphatic rings. The minimum atomic E-state index is -0.0617. The first-order valence-corrected chi connectivity index (χ1v) is 11.8. The van der Waals surface area contributed by atoms with Crippen molar-refractivity contribution >= 4 is 34.0 Å². The summed E-state index contributed by atoms with van der Waals surface area (Å²) in [7, 11) is 1.63. The van der Waals surface area contributed by atoms with Gasteiger partial charge in [-0.2, -0.15) is 0 Å². The van der Waals surface area contributed by atoms with Crippen molar-refractivity contribution in [3.63, 3.8) is 0 Å². The number of hydrogen-bond donors (Lipinski definition) is 0. The predicted molar refractivity (Wildman–Crippen MR) is 127 cm³/mol. The SMILES string of the molecule is COc1ccc(Cn2c(SCc3coc(-c4cccs4)n3)nc3ccccc3c2=O)cc1. The van der Waals surface area contributed by atoms with Crippen molar-refractivity contribution in [2.75, 3.05) is 7.11 Å². The van der Waals surface area contributed by atoms with E-state index in [2.05, 4.69) is 4.98 Å². The Hall–Kier alpha value is -3.36. The molecule has 2 aromatic carbocycles. The third kappa shape index (κ3) is 4.19. The Morgan fingerprint density at radius 3 is 2.69 bits per heavy atom. The first-order chi connectivity index (χ1) is 15.7. The summed E-state index contributed by atoms with van der Waals surface area (Å²) in [5.41, 5.74) is 2.42. The molecule has 5 aromatic rings. The molecule has 0 fully saturated rings. The van der Waals surface area contributed by atoms with Crippen LogP contribution >= 0.6 is 23.1 Å². The summed E-state index contributed by atoms with van der Waals surface area (Å²) in [6.07, 6.45) is 1.66. The minimum absolute atomic E-state index is 0.0617. The van der Waals surface area contributed by atoms with E-state index >= 15 is 0 Å². The number of hydrogen-bond acceptors (Lipinski definition) is 7. The molecule has 6 nitrogen and oxygen atoms in total. The van der Waals surface area contributed by atoms with Gasteiger partial charge in [-0.05, 0) is 41.3 Å². The smallest absolute Gasteiger partial charge is 0.262 e. The molecule has 0 radical (unpaired) electrons. The number of methoxy groups -OCH3 is 1. The van der Waals surface area contributed by atoms with Gasteiger partial charge in [0.2, 0.25) is 5.89 Å². The van der Waals surface area contributed by atoms with E-state index in [1.807, 2.05) is 66.0 Å². The Labute approximate surface area is 192 Å². The molecule has 0 bridgehead atoms. The van der Waals surface area contributed by atoms with Crippen LogP contribution in [0.4, 0.5) is 0 Å². The van der Waals surface area contributed by atoms with Gasteiger partial charge in [0.25, 0.3) is 5.56 Å². The van der Waals surface area contributed by atoms with E-state index in [1.165, 1.54) is 11.8 Å². The van der Waals surface area contributed by atoms with E-state index in [1.54, 1.807) is 29.3 Å². The van der Waals surface area contributed by atoms with Crippen LogP contribution in [0.25, 0.3) is 21.7 Å². The van der Waals surface area contributed by atoms with Crippen molar-refractivity contribution < 1.29 is 9.15 Å². The maximum atomic E-state index is 13.3. The summed E-state index contributed by atoms with van der Waals surface area (Å²) < 4.78 is 12.6. The number of para-hydroxylation sites is 1. The van der Waals surface area contributed by atoms with Crippen LogP contribution in [-0.4, -0.2) is 21.6 Å². The van der Waals surface area contributed by atoms with Gasteiger partial charge in [0.1, 0.15) is 12.0 Å². The minimum Gasteiger partial charge on any atom is -0.497 e. The maximum Gasteiger partial charge on any atom is 0.262 e. The second kappa shape index (κ2) is 9.02. The van der Waals surface area contributed by atoms with Gasteiger partial charge in [-0.25, -0.2) is 9.97 Å². The molecule has 3 aromatic heterocycles. The quantitative estimate of drug-likeness (QED) is 0.237. The van der Waals surface area contributed by atoms with Gasteiger partial charge in [-0.1, -0.05) is 42.1 Å². The Bertz CT molecular complexity index is 1410. The van der Waals surface area contributed by atoms with E-state index in [9.17, 15) is 4.79 Å². The van der Waals surface area contributed by atoms with E-state index in [0.717, 1.165) is 21.9 Å². The lowest BCUT2D eigenvalue weighted by Crippen LogP contribution is -2.24. The fourth-order valence-electron chi connectivity index (χ4n) is 3.34. The normalized spacial score (nSPS) is 11.2. The van der Waals surface area contributed by atoms with E-state index in [4.69, 9.17) is 14.1 Å². The van der Waals surface area contributed by atoms with Gasteiger partial charge in [-0.3, -0.25) is 9.36 Å². The number of aromatic nitrogens is 3. The van der Waals surface area contributed by atoms with Crippen LogP contribution in [0.1, 0.15) is 11.3 Å². The molecule has 0 unspecified atom stereocenters. The summed E-state index contributed by atoms with van der Waals surface area (Å²) in [5.74, 6) is 1.93. The summed E-state index contributed by atoms with van der Waals surface area (Å²) in [6.45, 7) is 0.419. The Kier molecular flexibility index (Phi) is 5.79. The third-order valence-electron chi connectivity index (χ3n) is 4.96. The Balaban J connectivity index is 1.46. The molecule has 8 heteroatoms. The van der Waals surface area contributed by atoms with Crippen LogP contribution in [0.2, 0.25) is 0 Å². The summed E-state index contributed by atoms with van der Waals surface area (Å²) in [6, 6.07) is 19.1. The topological polar surface area (TPSA) is 70.2 Å².